The van der Waals surface area contributed by atoms with Crippen molar-refractivity contribution in [2.45, 2.75) is 123 Å². The van der Waals surface area contributed by atoms with Gasteiger partial charge in [0.05, 0.1) is 26.4 Å². The number of hydrogen-bond acceptors (Lipinski definition) is 21. The highest BCUT2D eigenvalue weighted by molar-refractivity contribution is 4.97. The molecule has 20 atom stereocenters. The average Bonchev–Trinajstić information content (AvgIpc) is 3.03. The molecule has 4 rings (SSSR count). The van der Waals surface area contributed by atoms with Crippen molar-refractivity contribution in [1.82, 2.24) is 0 Å². The van der Waals surface area contributed by atoms with Crippen LogP contribution in [0.3, 0.4) is 0 Å². The van der Waals surface area contributed by atoms with Gasteiger partial charge in [-0.1, -0.05) is 0 Å². The molecule has 0 aromatic heterocycles. The van der Waals surface area contributed by atoms with E-state index in [-0.39, 0.29) is 0 Å². The van der Waals surface area contributed by atoms with E-state index in [0.717, 1.165) is 0 Å². The van der Waals surface area contributed by atoms with Gasteiger partial charge in [-0.25, -0.2) is 0 Å². The normalized spacial score (nSPS) is 52.9. The van der Waals surface area contributed by atoms with Crippen molar-refractivity contribution in [2.24, 2.45) is 0 Å². The number of hydrogen-bond donors (Lipinski definition) is 14. The lowest BCUT2D eigenvalue weighted by Crippen LogP contribution is -2.67. The zero-order valence-electron chi connectivity index (χ0n) is 23.5. The lowest BCUT2D eigenvalue weighted by molar-refractivity contribution is -0.387. The molecule has 4 aliphatic rings. The summed E-state index contributed by atoms with van der Waals surface area (Å²) in [6.45, 7) is -3.39. The molecule has 0 radical (unpaired) electrons. The van der Waals surface area contributed by atoms with Crippen LogP contribution in [0.5, 0.6) is 0 Å². The molecule has 21 heteroatoms. The standard InChI is InChI=1S/C24H42O21/c25-1-5-9(29)10(30)15(35)22(40-5)44-19-7(3-27)42-24(17(37)12(19)32)45-20-8(4-28)41-23(16(36)13(20)33)43-18-6(2-26)39-21(38)14(34)11(18)31/h5-38H,1-4H2/t5?,6?,7?,8?,9?,10-,11?,12?,13+,14?,15?,16?,17?,18+,19+,20+,21?,22-,23-,24-/m0/s1. The van der Waals surface area contributed by atoms with E-state index in [1.165, 1.54) is 0 Å². The molecule has 4 saturated heterocycles. The molecule has 0 spiro atoms. The van der Waals surface area contributed by atoms with E-state index < -0.39 is 149 Å². The quantitative estimate of drug-likeness (QED) is 0.103. The fourth-order valence-corrected chi connectivity index (χ4v) is 5.55. The van der Waals surface area contributed by atoms with Crippen LogP contribution in [0, 0.1) is 0 Å². The number of aliphatic hydroxyl groups excluding tert-OH is 14. The third-order valence-electron chi connectivity index (χ3n) is 8.20. The summed E-state index contributed by atoms with van der Waals surface area (Å²) in [5.74, 6) is 0. The fourth-order valence-electron chi connectivity index (χ4n) is 5.55. The van der Waals surface area contributed by atoms with Crippen molar-refractivity contribution in [3.05, 3.63) is 0 Å². The van der Waals surface area contributed by atoms with E-state index in [9.17, 15) is 71.5 Å². The van der Waals surface area contributed by atoms with Crippen molar-refractivity contribution in [3.8, 4) is 0 Å². The van der Waals surface area contributed by atoms with E-state index in [4.69, 9.17) is 33.2 Å². The molecule has 264 valence electrons. The third-order valence-corrected chi connectivity index (χ3v) is 8.20. The summed E-state index contributed by atoms with van der Waals surface area (Å²) in [6.07, 6.45) is -35.3. The Morgan fingerprint density at radius 1 is 0.333 bits per heavy atom. The van der Waals surface area contributed by atoms with Gasteiger partial charge in [0.15, 0.2) is 25.2 Å². The van der Waals surface area contributed by atoms with Crippen molar-refractivity contribution < 1.29 is 105 Å². The monoisotopic (exact) mass is 666 g/mol. The average molecular weight is 667 g/mol. The Morgan fingerprint density at radius 2 is 0.644 bits per heavy atom. The molecule has 14 N–H and O–H groups in total. The maximum atomic E-state index is 10.9. The summed E-state index contributed by atoms with van der Waals surface area (Å²) in [7, 11) is 0. The molecule has 4 fully saturated rings. The third kappa shape index (κ3) is 7.44. The molecule has 21 nitrogen and oxygen atoms in total. The zero-order chi connectivity index (χ0) is 33.3. The summed E-state index contributed by atoms with van der Waals surface area (Å²) in [6, 6.07) is 0. The van der Waals surface area contributed by atoms with Gasteiger partial charge in [0, 0.05) is 0 Å². The highest BCUT2D eigenvalue weighted by atomic mass is 16.8. The Morgan fingerprint density at radius 3 is 1.02 bits per heavy atom. The van der Waals surface area contributed by atoms with Gasteiger partial charge in [-0.2, -0.15) is 0 Å². The summed E-state index contributed by atoms with van der Waals surface area (Å²) >= 11 is 0. The van der Waals surface area contributed by atoms with Crippen LogP contribution in [0.4, 0.5) is 0 Å². The Hall–Kier alpha value is -0.840. The molecule has 0 aromatic carbocycles. The van der Waals surface area contributed by atoms with E-state index in [1.54, 1.807) is 0 Å². The van der Waals surface area contributed by atoms with E-state index in [1.807, 2.05) is 0 Å². The first-order chi connectivity index (χ1) is 21.3. The molecular formula is C24H42O21. The number of ether oxygens (including phenoxy) is 7. The molecule has 0 bridgehead atoms. The first-order valence-corrected chi connectivity index (χ1v) is 14.1. The Kier molecular flexibility index (Phi) is 12.8. The molecule has 12 unspecified atom stereocenters. The first kappa shape index (κ1) is 37.0. The lowest BCUT2D eigenvalue weighted by Gasteiger charge is -2.49. The second kappa shape index (κ2) is 15.6. The fraction of sp³-hybridized carbons (Fsp3) is 1.00. The maximum absolute atomic E-state index is 10.9. The van der Waals surface area contributed by atoms with Crippen molar-refractivity contribution in [2.75, 3.05) is 26.4 Å². The Bertz CT molecular complexity index is 910. The van der Waals surface area contributed by atoms with E-state index >= 15 is 0 Å². The maximum Gasteiger partial charge on any atom is 0.187 e. The van der Waals surface area contributed by atoms with Crippen LogP contribution in [0.15, 0.2) is 0 Å². The molecule has 4 aliphatic heterocycles. The molecule has 0 amide bonds. The van der Waals surface area contributed by atoms with Crippen LogP contribution in [-0.4, -0.2) is 221 Å². The highest BCUT2D eigenvalue weighted by Gasteiger charge is 2.55. The lowest BCUT2D eigenvalue weighted by atomic mass is 9.95. The van der Waals surface area contributed by atoms with Crippen LogP contribution in [0.2, 0.25) is 0 Å². The van der Waals surface area contributed by atoms with E-state index in [0.29, 0.717) is 0 Å². The molecular weight excluding hydrogens is 624 g/mol. The molecule has 45 heavy (non-hydrogen) atoms. The van der Waals surface area contributed by atoms with Gasteiger partial charge >= 0.3 is 0 Å². The summed E-state index contributed by atoms with van der Waals surface area (Å²) < 4.78 is 37.7. The number of rotatable bonds is 10. The van der Waals surface area contributed by atoms with Crippen LogP contribution >= 0.6 is 0 Å². The van der Waals surface area contributed by atoms with Crippen LogP contribution in [-0.2, 0) is 33.2 Å². The van der Waals surface area contributed by atoms with Crippen LogP contribution < -0.4 is 0 Å². The highest BCUT2D eigenvalue weighted by Crippen LogP contribution is 2.34. The smallest absolute Gasteiger partial charge is 0.187 e. The van der Waals surface area contributed by atoms with Crippen molar-refractivity contribution in [1.29, 1.82) is 0 Å². The largest absolute Gasteiger partial charge is 0.394 e. The second-order valence-electron chi connectivity index (χ2n) is 11.1. The zero-order valence-corrected chi connectivity index (χ0v) is 23.5. The van der Waals surface area contributed by atoms with Gasteiger partial charge in [0.1, 0.15) is 97.7 Å². The molecule has 0 saturated carbocycles. The second-order valence-corrected chi connectivity index (χ2v) is 11.1. The van der Waals surface area contributed by atoms with E-state index in [2.05, 4.69) is 0 Å². The topological polar surface area (TPSA) is 348 Å². The number of aliphatic hydroxyl groups is 14. The minimum Gasteiger partial charge on any atom is -0.394 e. The minimum absolute atomic E-state index is 0.784. The van der Waals surface area contributed by atoms with Crippen LogP contribution in [0.25, 0.3) is 0 Å². The van der Waals surface area contributed by atoms with Gasteiger partial charge in [-0.05, 0) is 0 Å². The predicted molar refractivity (Wildman–Crippen MR) is 134 cm³/mol. The summed E-state index contributed by atoms with van der Waals surface area (Å²) in [5.41, 5.74) is 0. The van der Waals surface area contributed by atoms with Gasteiger partial charge in [0.25, 0.3) is 0 Å². The van der Waals surface area contributed by atoms with Crippen molar-refractivity contribution >= 4 is 0 Å². The molecule has 4 heterocycles. The first-order valence-electron chi connectivity index (χ1n) is 14.1. The molecule has 0 aliphatic carbocycles. The Balaban J connectivity index is 1.43. The predicted octanol–water partition coefficient (Wildman–Crippen LogP) is -9.75. The van der Waals surface area contributed by atoms with Gasteiger partial charge < -0.3 is 105 Å². The van der Waals surface area contributed by atoms with Gasteiger partial charge in [-0.3, -0.25) is 0 Å². The summed E-state index contributed by atoms with van der Waals surface area (Å²) in [5, 5.41) is 142. The van der Waals surface area contributed by atoms with Crippen molar-refractivity contribution in [3.63, 3.8) is 0 Å². The van der Waals surface area contributed by atoms with Gasteiger partial charge in [-0.15, -0.1) is 0 Å². The SMILES string of the molecule is OCC1O[C@@H](O[C@@H]2C(CO)O[C@@H](O[C@@H]3C(CO)O[C@@H](O[C@@H]4C(CO)OC(O)C(O)C4O)C(O)[C@H]3O)C(O)C2O)C(O)[C@@H](O)C1O. The molecule has 0 aromatic rings. The summed E-state index contributed by atoms with van der Waals surface area (Å²) in [4.78, 5) is 0. The Labute approximate surface area is 254 Å². The minimum atomic E-state index is -2.02. The van der Waals surface area contributed by atoms with Crippen LogP contribution in [0.1, 0.15) is 0 Å². The van der Waals surface area contributed by atoms with Gasteiger partial charge in [0.2, 0.25) is 0 Å².